The lowest BCUT2D eigenvalue weighted by molar-refractivity contribution is -0.139. The molecule has 110 valence electrons. The number of hydrogen-bond donors (Lipinski definition) is 1. The van der Waals surface area contributed by atoms with Gasteiger partial charge >= 0.3 is 5.97 Å². The molecular weight excluding hydrogens is 282 g/mol. The van der Waals surface area contributed by atoms with Gasteiger partial charge in [0.2, 0.25) is 0 Å². The third kappa shape index (κ3) is 2.74. The van der Waals surface area contributed by atoms with Gasteiger partial charge in [0.25, 0.3) is 0 Å². The smallest absolute Gasteiger partial charge is 0.312 e. The van der Waals surface area contributed by atoms with Crippen LogP contribution in [-0.4, -0.2) is 22.5 Å². The summed E-state index contributed by atoms with van der Waals surface area (Å²) in [6.45, 7) is 5.66. The molecule has 3 rings (SSSR count). The monoisotopic (exact) mass is 301 g/mol. The number of nitrogens with zero attached hydrogens (tertiary/aromatic N) is 1. The van der Waals surface area contributed by atoms with Gasteiger partial charge in [0.15, 0.2) is 0 Å². The van der Waals surface area contributed by atoms with E-state index in [0.717, 1.165) is 17.7 Å². The highest BCUT2D eigenvalue weighted by Crippen LogP contribution is 2.35. The zero-order chi connectivity index (χ0) is 15.0. The molecule has 0 radical (unpaired) electrons. The molecular formula is C17H19NO2S. The summed E-state index contributed by atoms with van der Waals surface area (Å²) in [5.41, 5.74) is 2.10. The van der Waals surface area contributed by atoms with E-state index in [-0.39, 0.29) is 6.04 Å². The normalized spacial score (nSPS) is 20.0. The molecule has 0 aliphatic carbocycles. The van der Waals surface area contributed by atoms with Crippen molar-refractivity contribution in [3.05, 3.63) is 57.3 Å². The molecule has 1 aliphatic heterocycles. The molecule has 2 heterocycles. The van der Waals surface area contributed by atoms with Crippen LogP contribution in [0.2, 0.25) is 0 Å². The maximum Gasteiger partial charge on any atom is 0.312 e. The van der Waals surface area contributed by atoms with Gasteiger partial charge in [-0.3, -0.25) is 9.69 Å². The summed E-state index contributed by atoms with van der Waals surface area (Å²) in [7, 11) is 0. The van der Waals surface area contributed by atoms with Crippen LogP contribution in [0.25, 0.3) is 0 Å². The summed E-state index contributed by atoms with van der Waals surface area (Å²) in [6, 6.07) is 12.4. The second-order valence-electron chi connectivity index (χ2n) is 5.64. The Bertz CT molecular complexity index is 664. The molecule has 2 unspecified atom stereocenters. The highest BCUT2D eigenvalue weighted by molar-refractivity contribution is 7.12. The second-order valence-corrected chi connectivity index (χ2v) is 6.96. The van der Waals surface area contributed by atoms with Gasteiger partial charge in [-0.25, -0.2) is 0 Å². The number of aryl methyl sites for hydroxylation is 1. The van der Waals surface area contributed by atoms with Crippen LogP contribution in [0, 0.1) is 6.92 Å². The topological polar surface area (TPSA) is 40.5 Å². The van der Waals surface area contributed by atoms with Gasteiger partial charge in [0, 0.05) is 28.9 Å². The molecule has 1 aromatic heterocycles. The Morgan fingerprint density at radius 2 is 2.10 bits per heavy atom. The van der Waals surface area contributed by atoms with Crippen LogP contribution in [-0.2, 0) is 11.3 Å². The predicted molar refractivity (Wildman–Crippen MR) is 84.7 cm³/mol. The van der Waals surface area contributed by atoms with Crippen molar-refractivity contribution in [2.45, 2.75) is 32.4 Å². The van der Waals surface area contributed by atoms with E-state index in [1.165, 1.54) is 9.75 Å². The lowest BCUT2D eigenvalue weighted by atomic mass is 9.89. The Kier molecular flexibility index (Phi) is 3.83. The van der Waals surface area contributed by atoms with Crippen molar-refractivity contribution in [1.29, 1.82) is 0 Å². The number of thiophene rings is 1. The standard InChI is InChI=1S/C17H19NO2S/c1-11-7-8-16(21-11)12(2)18-9-13-5-3-4-6-14(13)15(10-18)17(19)20/h3-8,12,15H,9-10H2,1-2H3,(H,19,20). The van der Waals surface area contributed by atoms with E-state index in [0.29, 0.717) is 6.54 Å². The van der Waals surface area contributed by atoms with Crippen LogP contribution in [0.3, 0.4) is 0 Å². The molecule has 0 saturated heterocycles. The molecule has 4 heteroatoms. The van der Waals surface area contributed by atoms with E-state index in [1.807, 2.05) is 24.3 Å². The number of carboxylic acid groups (broad SMARTS) is 1. The minimum absolute atomic E-state index is 0.249. The SMILES string of the molecule is Cc1ccc(C(C)N2Cc3ccccc3C(C(=O)O)C2)s1. The molecule has 0 fully saturated rings. The van der Waals surface area contributed by atoms with E-state index in [4.69, 9.17) is 0 Å². The zero-order valence-electron chi connectivity index (χ0n) is 12.2. The molecule has 0 bridgehead atoms. The third-order valence-electron chi connectivity index (χ3n) is 4.24. The molecule has 21 heavy (non-hydrogen) atoms. The zero-order valence-corrected chi connectivity index (χ0v) is 13.1. The van der Waals surface area contributed by atoms with E-state index < -0.39 is 11.9 Å². The van der Waals surface area contributed by atoms with E-state index in [1.54, 1.807) is 11.3 Å². The molecule has 3 nitrogen and oxygen atoms in total. The van der Waals surface area contributed by atoms with E-state index >= 15 is 0 Å². The highest BCUT2D eigenvalue weighted by atomic mass is 32.1. The van der Waals surface area contributed by atoms with Gasteiger partial charge in [-0.05, 0) is 37.1 Å². The number of aliphatic carboxylic acids is 1. The number of carbonyl (C=O) groups is 1. The Morgan fingerprint density at radius 3 is 2.76 bits per heavy atom. The minimum Gasteiger partial charge on any atom is -0.481 e. The van der Waals surface area contributed by atoms with Gasteiger partial charge < -0.3 is 5.11 Å². The number of benzene rings is 1. The van der Waals surface area contributed by atoms with Crippen molar-refractivity contribution in [2.75, 3.05) is 6.54 Å². The fraction of sp³-hybridized carbons (Fsp3) is 0.353. The van der Waals surface area contributed by atoms with Crippen molar-refractivity contribution in [2.24, 2.45) is 0 Å². The van der Waals surface area contributed by atoms with Crippen LogP contribution < -0.4 is 0 Å². The average Bonchev–Trinajstić information content (AvgIpc) is 2.91. The fourth-order valence-corrected chi connectivity index (χ4v) is 3.96. The maximum atomic E-state index is 11.6. The van der Waals surface area contributed by atoms with Crippen molar-refractivity contribution < 1.29 is 9.90 Å². The molecule has 2 aromatic rings. The first-order chi connectivity index (χ1) is 10.1. The molecule has 0 saturated carbocycles. The van der Waals surface area contributed by atoms with Crippen molar-refractivity contribution in [3.8, 4) is 0 Å². The third-order valence-corrected chi connectivity index (χ3v) is 5.41. The predicted octanol–water partition coefficient (Wildman–Crippen LogP) is 3.80. The maximum absolute atomic E-state index is 11.6. The summed E-state index contributed by atoms with van der Waals surface area (Å²) in [5, 5.41) is 9.54. The molecule has 0 spiro atoms. The number of rotatable bonds is 3. The van der Waals surface area contributed by atoms with E-state index in [9.17, 15) is 9.90 Å². The minimum atomic E-state index is -0.735. The van der Waals surface area contributed by atoms with Crippen molar-refractivity contribution in [1.82, 2.24) is 4.90 Å². The number of hydrogen-bond acceptors (Lipinski definition) is 3. The van der Waals surface area contributed by atoms with Crippen LogP contribution in [0.4, 0.5) is 0 Å². The summed E-state index contributed by atoms with van der Waals surface area (Å²) in [5.74, 6) is -1.17. The number of fused-ring (bicyclic) bond motifs is 1. The van der Waals surface area contributed by atoms with Gasteiger partial charge in [0.1, 0.15) is 0 Å². The lowest BCUT2D eigenvalue weighted by Gasteiger charge is -2.36. The van der Waals surface area contributed by atoms with Crippen molar-refractivity contribution in [3.63, 3.8) is 0 Å². The molecule has 1 aromatic carbocycles. The Morgan fingerprint density at radius 1 is 1.33 bits per heavy atom. The molecule has 1 N–H and O–H groups in total. The Hall–Kier alpha value is -1.65. The van der Waals surface area contributed by atoms with Crippen LogP contribution >= 0.6 is 11.3 Å². The lowest BCUT2D eigenvalue weighted by Crippen LogP contribution is -2.38. The quantitative estimate of drug-likeness (QED) is 0.937. The summed E-state index contributed by atoms with van der Waals surface area (Å²) >= 11 is 1.79. The largest absolute Gasteiger partial charge is 0.481 e. The van der Waals surface area contributed by atoms with Gasteiger partial charge in [-0.2, -0.15) is 0 Å². The Balaban J connectivity index is 1.91. The van der Waals surface area contributed by atoms with E-state index in [2.05, 4.69) is 30.9 Å². The van der Waals surface area contributed by atoms with Crippen LogP contribution in [0.1, 0.15) is 39.8 Å². The average molecular weight is 301 g/mol. The summed E-state index contributed by atoms with van der Waals surface area (Å²) < 4.78 is 0. The second kappa shape index (κ2) is 5.62. The Labute approximate surface area is 128 Å². The first-order valence-corrected chi connectivity index (χ1v) is 7.99. The molecule has 2 atom stereocenters. The van der Waals surface area contributed by atoms with Gasteiger partial charge in [-0.1, -0.05) is 24.3 Å². The van der Waals surface area contributed by atoms with Crippen LogP contribution in [0.15, 0.2) is 36.4 Å². The number of carboxylic acids is 1. The molecule has 1 aliphatic rings. The fourth-order valence-electron chi connectivity index (χ4n) is 3.00. The summed E-state index contributed by atoms with van der Waals surface area (Å²) in [6.07, 6.45) is 0. The highest BCUT2D eigenvalue weighted by Gasteiger charge is 2.32. The van der Waals surface area contributed by atoms with Gasteiger partial charge in [0.05, 0.1) is 5.92 Å². The first kappa shape index (κ1) is 14.3. The summed E-state index contributed by atoms with van der Waals surface area (Å²) in [4.78, 5) is 16.5. The first-order valence-electron chi connectivity index (χ1n) is 7.17. The molecule has 0 amide bonds. The van der Waals surface area contributed by atoms with Crippen molar-refractivity contribution >= 4 is 17.3 Å². The van der Waals surface area contributed by atoms with Crippen LogP contribution in [0.5, 0.6) is 0 Å². The van der Waals surface area contributed by atoms with Gasteiger partial charge in [-0.15, -0.1) is 11.3 Å².